The van der Waals surface area contributed by atoms with E-state index in [1.54, 1.807) is 12.4 Å². The van der Waals surface area contributed by atoms with Crippen molar-refractivity contribution in [3.63, 3.8) is 0 Å². The number of nitrogens with zero attached hydrogens (tertiary/aromatic N) is 4. The van der Waals surface area contributed by atoms with Gasteiger partial charge in [0, 0.05) is 32.6 Å². The minimum atomic E-state index is -4.31. The first-order valence-corrected chi connectivity index (χ1v) is 9.10. The summed E-state index contributed by atoms with van der Waals surface area (Å²) in [6.07, 6.45) is 0.458. The van der Waals surface area contributed by atoms with Crippen molar-refractivity contribution in [3.8, 4) is 0 Å². The minimum Gasteiger partial charge on any atom is -0.355 e. The lowest BCUT2D eigenvalue weighted by molar-refractivity contribution is -0.137. The zero-order valence-electron chi connectivity index (χ0n) is 16.2. The monoisotopic (exact) mass is 522 g/mol. The molecule has 6 nitrogen and oxygen atoms in total. The van der Waals surface area contributed by atoms with Crippen LogP contribution < -0.4 is 10.6 Å². The van der Waals surface area contributed by atoms with Gasteiger partial charge in [0.25, 0.3) is 0 Å². The SMILES string of the molecule is C=CCNC(=NCCc1ccc(C(F)(F)F)cc1)NCCn1cnnc1CC.I. The van der Waals surface area contributed by atoms with E-state index >= 15 is 0 Å². The first-order chi connectivity index (χ1) is 13.4. The molecule has 1 aromatic carbocycles. The first-order valence-electron chi connectivity index (χ1n) is 9.10. The lowest BCUT2D eigenvalue weighted by Gasteiger charge is -2.12. The summed E-state index contributed by atoms with van der Waals surface area (Å²) in [6.45, 7) is 8.03. The van der Waals surface area contributed by atoms with Crippen LogP contribution in [0.15, 0.2) is 48.2 Å². The maximum Gasteiger partial charge on any atom is 0.416 e. The summed E-state index contributed by atoms with van der Waals surface area (Å²) in [4.78, 5) is 4.47. The second kappa shape index (κ2) is 12.5. The molecule has 0 amide bonds. The number of nitrogens with one attached hydrogen (secondary N) is 2. The third kappa shape index (κ3) is 8.42. The molecule has 10 heteroatoms. The van der Waals surface area contributed by atoms with Gasteiger partial charge in [-0.3, -0.25) is 4.99 Å². The summed E-state index contributed by atoms with van der Waals surface area (Å²) in [6, 6.07) is 5.17. The molecular weight excluding hydrogens is 496 g/mol. The Labute approximate surface area is 185 Å². The van der Waals surface area contributed by atoms with E-state index in [0.29, 0.717) is 38.6 Å². The molecule has 0 aliphatic rings. The first kappa shape index (κ1) is 24.9. The highest BCUT2D eigenvalue weighted by molar-refractivity contribution is 14.0. The Morgan fingerprint density at radius 1 is 1.24 bits per heavy atom. The second-order valence-electron chi connectivity index (χ2n) is 6.07. The third-order valence-electron chi connectivity index (χ3n) is 4.02. The van der Waals surface area contributed by atoms with Gasteiger partial charge in [-0.1, -0.05) is 25.1 Å². The molecule has 0 saturated carbocycles. The fourth-order valence-electron chi connectivity index (χ4n) is 2.53. The van der Waals surface area contributed by atoms with Crippen LogP contribution >= 0.6 is 24.0 Å². The van der Waals surface area contributed by atoms with Crippen LogP contribution in [0.25, 0.3) is 0 Å². The Bertz CT molecular complexity index is 771. The molecule has 29 heavy (non-hydrogen) atoms. The maximum atomic E-state index is 12.6. The van der Waals surface area contributed by atoms with Crippen LogP contribution in [0.3, 0.4) is 0 Å². The number of hydrogen-bond donors (Lipinski definition) is 2. The van der Waals surface area contributed by atoms with Gasteiger partial charge >= 0.3 is 6.18 Å². The van der Waals surface area contributed by atoms with Crippen LogP contribution in [-0.2, 0) is 25.6 Å². The van der Waals surface area contributed by atoms with E-state index in [1.807, 2.05) is 11.5 Å². The molecule has 0 spiro atoms. The summed E-state index contributed by atoms with van der Waals surface area (Å²) >= 11 is 0. The highest BCUT2D eigenvalue weighted by Crippen LogP contribution is 2.29. The smallest absolute Gasteiger partial charge is 0.355 e. The summed E-state index contributed by atoms with van der Waals surface area (Å²) < 4.78 is 39.8. The molecule has 0 bridgehead atoms. The van der Waals surface area contributed by atoms with Gasteiger partial charge in [0.1, 0.15) is 12.2 Å². The van der Waals surface area contributed by atoms with Crippen molar-refractivity contribution in [3.05, 3.63) is 60.2 Å². The molecule has 2 aromatic rings. The van der Waals surface area contributed by atoms with Gasteiger partial charge in [-0.05, 0) is 24.1 Å². The Morgan fingerprint density at radius 2 is 1.97 bits per heavy atom. The highest BCUT2D eigenvalue weighted by Gasteiger charge is 2.29. The van der Waals surface area contributed by atoms with Gasteiger partial charge in [0.15, 0.2) is 5.96 Å². The molecule has 0 radical (unpaired) electrons. The standard InChI is InChI=1S/C19H25F3N6.HI/c1-3-10-23-18(25-12-13-28-14-26-27-17(28)4-2)24-11-9-15-5-7-16(8-6-15)19(20,21)22;/h3,5-8,14H,1,4,9-13H2,2H3,(H2,23,24,25);1H. The van der Waals surface area contributed by atoms with E-state index < -0.39 is 11.7 Å². The average Bonchev–Trinajstić information content (AvgIpc) is 3.13. The number of alkyl halides is 3. The molecule has 2 rings (SSSR count). The number of benzene rings is 1. The van der Waals surface area contributed by atoms with Crippen molar-refractivity contribution < 1.29 is 13.2 Å². The largest absolute Gasteiger partial charge is 0.416 e. The predicted molar refractivity (Wildman–Crippen MR) is 118 cm³/mol. The quantitative estimate of drug-likeness (QED) is 0.229. The van der Waals surface area contributed by atoms with Gasteiger partial charge in [0.05, 0.1) is 5.56 Å². The molecule has 1 aromatic heterocycles. The summed E-state index contributed by atoms with van der Waals surface area (Å²) in [5.74, 6) is 1.54. The molecule has 160 valence electrons. The van der Waals surface area contributed by atoms with Gasteiger partial charge < -0.3 is 15.2 Å². The summed E-state index contributed by atoms with van der Waals surface area (Å²) in [7, 11) is 0. The van der Waals surface area contributed by atoms with E-state index in [1.165, 1.54) is 12.1 Å². The third-order valence-corrected chi connectivity index (χ3v) is 4.02. The molecular formula is C19H26F3IN6. The van der Waals surface area contributed by atoms with E-state index in [9.17, 15) is 13.2 Å². The van der Waals surface area contributed by atoms with Crippen LogP contribution in [0.4, 0.5) is 13.2 Å². The summed E-state index contributed by atoms with van der Waals surface area (Å²) in [5, 5.41) is 14.3. The van der Waals surface area contributed by atoms with Crippen LogP contribution in [-0.4, -0.2) is 40.4 Å². The van der Waals surface area contributed by atoms with E-state index in [4.69, 9.17) is 0 Å². The van der Waals surface area contributed by atoms with E-state index in [2.05, 4.69) is 32.4 Å². The number of rotatable bonds is 9. The van der Waals surface area contributed by atoms with Crippen LogP contribution in [0.1, 0.15) is 23.9 Å². The normalized spacial score (nSPS) is 11.7. The van der Waals surface area contributed by atoms with Gasteiger partial charge in [0.2, 0.25) is 0 Å². The Kier molecular flexibility index (Phi) is 10.7. The van der Waals surface area contributed by atoms with Crippen molar-refractivity contribution >= 4 is 29.9 Å². The average molecular weight is 522 g/mol. The van der Waals surface area contributed by atoms with E-state index in [-0.39, 0.29) is 24.0 Å². The molecule has 0 fully saturated rings. The van der Waals surface area contributed by atoms with Crippen LogP contribution in [0.5, 0.6) is 0 Å². The molecule has 0 aliphatic heterocycles. The molecule has 1 heterocycles. The lowest BCUT2D eigenvalue weighted by Crippen LogP contribution is -2.39. The van der Waals surface area contributed by atoms with Gasteiger partial charge in [-0.25, -0.2) is 0 Å². The number of guanidine groups is 1. The number of aliphatic imine (C=N–C) groups is 1. The number of hydrogen-bond acceptors (Lipinski definition) is 3. The molecule has 2 N–H and O–H groups in total. The molecule has 0 atom stereocenters. The number of halogens is 4. The Hall–Kier alpha value is -2.11. The van der Waals surface area contributed by atoms with Crippen molar-refractivity contribution in [2.45, 2.75) is 32.5 Å². The van der Waals surface area contributed by atoms with Crippen LogP contribution in [0, 0.1) is 0 Å². The summed E-state index contributed by atoms with van der Waals surface area (Å²) in [5.41, 5.74) is 0.159. The molecule has 0 unspecified atom stereocenters. The lowest BCUT2D eigenvalue weighted by atomic mass is 10.1. The minimum absolute atomic E-state index is 0. The van der Waals surface area contributed by atoms with Crippen molar-refractivity contribution in [1.82, 2.24) is 25.4 Å². The fourth-order valence-corrected chi connectivity index (χ4v) is 2.53. The number of aryl methyl sites for hydroxylation is 1. The topological polar surface area (TPSA) is 67.1 Å². The zero-order chi connectivity index (χ0) is 20.4. The van der Waals surface area contributed by atoms with E-state index in [0.717, 1.165) is 29.9 Å². The van der Waals surface area contributed by atoms with Crippen molar-refractivity contribution in [2.75, 3.05) is 19.6 Å². The predicted octanol–water partition coefficient (Wildman–Crippen LogP) is 3.44. The number of aromatic nitrogens is 3. The maximum absolute atomic E-state index is 12.6. The second-order valence-corrected chi connectivity index (χ2v) is 6.07. The highest BCUT2D eigenvalue weighted by atomic mass is 127. The Morgan fingerprint density at radius 3 is 2.59 bits per heavy atom. The van der Waals surface area contributed by atoms with Crippen molar-refractivity contribution in [2.24, 2.45) is 4.99 Å². The van der Waals surface area contributed by atoms with Crippen LogP contribution in [0.2, 0.25) is 0 Å². The molecule has 0 aliphatic carbocycles. The van der Waals surface area contributed by atoms with Gasteiger partial charge in [-0.2, -0.15) is 13.2 Å². The zero-order valence-corrected chi connectivity index (χ0v) is 18.6. The Balaban J connectivity index is 0.00000420. The van der Waals surface area contributed by atoms with Crippen molar-refractivity contribution in [1.29, 1.82) is 0 Å². The molecule has 0 saturated heterocycles. The van der Waals surface area contributed by atoms with Gasteiger partial charge in [-0.15, -0.1) is 40.8 Å². The fraction of sp³-hybridized carbons (Fsp3) is 0.421.